The van der Waals surface area contributed by atoms with Gasteiger partial charge in [0.1, 0.15) is 11.5 Å². The molecular formula is C17H15NO2. The zero-order valence-electron chi connectivity index (χ0n) is 11.2. The second kappa shape index (κ2) is 5.13. The number of hydrogen-bond donors (Lipinski definition) is 1. The van der Waals surface area contributed by atoms with Crippen LogP contribution in [0.4, 0.5) is 5.69 Å². The molecule has 0 aliphatic carbocycles. The van der Waals surface area contributed by atoms with Crippen LogP contribution in [0.3, 0.4) is 0 Å². The van der Waals surface area contributed by atoms with Gasteiger partial charge in [-0.25, -0.2) is 0 Å². The second-order valence-electron chi connectivity index (χ2n) is 4.48. The molecule has 3 nitrogen and oxygen atoms in total. The van der Waals surface area contributed by atoms with Crippen LogP contribution in [0.15, 0.2) is 60.7 Å². The molecule has 0 spiro atoms. The van der Waals surface area contributed by atoms with Crippen LogP contribution in [-0.2, 0) is 0 Å². The number of nitrogen functional groups attached to an aromatic ring is 1. The third-order valence-corrected chi connectivity index (χ3v) is 3.19. The fraction of sp³-hybridized carbons (Fsp3) is 0.0588. The summed E-state index contributed by atoms with van der Waals surface area (Å²) < 4.78 is 11.1. The van der Waals surface area contributed by atoms with Gasteiger partial charge < -0.3 is 15.2 Å². The van der Waals surface area contributed by atoms with Crippen molar-refractivity contribution in [1.29, 1.82) is 0 Å². The zero-order valence-corrected chi connectivity index (χ0v) is 11.2. The average molecular weight is 265 g/mol. The molecule has 3 aromatic rings. The highest BCUT2D eigenvalue weighted by atomic mass is 16.5. The molecule has 0 aromatic heterocycles. The minimum absolute atomic E-state index is 0.553. The van der Waals surface area contributed by atoms with Crippen molar-refractivity contribution in [3.05, 3.63) is 60.7 Å². The largest absolute Gasteiger partial charge is 0.497 e. The molecule has 3 rings (SSSR count). The van der Waals surface area contributed by atoms with Crippen LogP contribution in [0.1, 0.15) is 0 Å². The van der Waals surface area contributed by atoms with E-state index in [2.05, 4.69) is 12.1 Å². The van der Waals surface area contributed by atoms with Gasteiger partial charge in [-0.2, -0.15) is 0 Å². The van der Waals surface area contributed by atoms with Crippen molar-refractivity contribution in [1.82, 2.24) is 0 Å². The predicted molar refractivity (Wildman–Crippen MR) is 81.4 cm³/mol. The smallest absolute Gasteiger partial charge is 0.150 e. The number of hydrogen-bond acceptors (Lipinski definition) is 3. The van der Waals surface area contributed by atoms with Gasteiger partial charge in [-0.15, -0.1) is 0 Å². The maximum absolute atomic E-state index is 5.98. The summed E-state index contributed by atoms with van der Waals surface area (Å²) in [6.07, 6.45) is 0. The maximum atomic E-state index is 5.98. The average Bonchev–Trinajstić information content (AvgIpc) is 2.49. The van der Waals surface area contributed by atoms with Crippen LogP contribution < -0.4 is 15.2 Å². The van der Waals surface area contributed by atoms with E-state index in [-0.39, 0.29) is 0 Å². The lowest BCUT2D eigenvalue weighted by molar-refractivity contribution is 0.413. The number of benzene rings is 3. The van der Waals surface area contributed by atoms with Crippen molar-refractivity contribution in [3.8, 4) is 17.2 Å². The number of fused-ring (bicyclic) bond motifs is 1. The SMILES string of the molecule is COc1ccc(Oc2cccc3ccccc23)c(N)c1. The standard InChI is InChI=1S/C17H15NO2/c1-19-13-9-10-17(15(18)11-13)20-16-8-4-6-12-5-2-3-7-14(12)16/h2-11H,18H2,1H3. The van der Waals surface area contributed by atoms with E-state index in [0.717, 1.165) is 16.5 Å². The van der Waals surface area contributed by atoms with Gasteiger partial charge in [-0.05, 0) is 23.6 Å². The minimum atomic E-state index is 0.553. The molecule has 0 heterocycles. The highest BCUT2D eigenvalue weighted by Gasteiger charge is 2.06. The van der Waals surface area contributed by atoms with Crippen molar-refractivity contribution in [2.75, 3.05) is 12.8 Å². The van der Waals surface area contributed by atoms with Crippen molar-refractivity contribution in [2.24, 2.45) is 0 Å². The van der Waals surface area contributed by atoms with Crippen molar-refractivity contribution in [3.63, 3.8) is 0 Å². The molecule has 0 saturated carbocycles. The lowest BCUT2D eigenvalue weighted by Gasteiger charge is -2.11. The molecule has 0 bridgehead atoms. The van der Waals surface area contributed by atoms with Gasteiger partial charge >= 0.3 is 0 Å². The van der Waals surface area contributed by atoms with Crippen LogP contribution in [-0.4, -0.2) is 7.11 Å². The monoisotopic (exact) mass is 265 g/mol. The third kappa shape index (κ3) is 2.26. The first kappa shape index (κ1) is 12.4. The van der Waals surface area contributed by atoms with Crippen LogP contribution in [0.2, 0.25) is 0 Å². The predicted octanol–water partition coefficient (Wildman–Crippen LogP) is 4.22. The molecule has 3 aromatic carbocycles. The number of ether oxygens (including phenoxy) is 2. The Morgan fingerprint density at radius 3 is 2.45 bits per heavy atom. The quantitative estimate of drug-likeness (QED) is 0.721. The summed E-state index contributed by atoms with van der Waals surface area (Å²) in [5.41, 5.74) is 6.54. The van der Waals surface area contributed by atoms with E-state index in [0.29, 0.717) is 17.2 Å². The first-order valence-corrected chi connectivity index (χ1v) is 6.37. The molecular weight excluding hydrogens is 250 g/mol. The number of rotatable bonds is 3. The third-order valence-electron chi connectivity index (χ3n) is 3.19. The van der Waals surface area contributed by atoms with E-state index in [1.54, 1.807) is 13.2 Å². The normalized spacial score (nSPS) is 10.4. The molecule has 20 heavy (non-hydrogen) atoms. The Labute approximate surface area is 117 Å². The topological polar surface area (TPSA) is 44.5 Å². The molecule has 0 radical (unpaired) electrons. The summed E-state index contributed by atoms with van der Waals surface area (Å²) in [6.45, 7) is 0. The van der Waals surface area contributed by atoms with Gasteiger partial charge in [0.15, 0.2) is 5.75 Å². The van der Waals surface area contributed by atoms with Gasteiger partial charge in [0.25, 0.3) is 0 Å². The number of methoxy groups -OCH3 is 1. The summed E-state index contributed by atoms with van der Waals surface area (Å²) in [4.78, 5) is 0. The van der Waals surface area contributed by atoms with Crippen LogP contribution in [0, 0.1) is 0 Å². The second-order valence-corrected chi connectivity index (χ2v) is 4.48. The Kier molecular flexibility index (Phi) is 3.17. The van der Waals surface area contributed by atoms with Crippen LogP contribution in [0.5, 0.6) is 17.2 Å². The highest BCUT2D eigenvalue weighted by Crippen LogP contribution is 2.34. The first-order valence-electron chi connectivity index (χ1n) is 6.37. The van der Waals surface area contributed by atoms with E-state index >= 15 is 0 Å². The molecule has 0 fully saturated rings. The Balaban J connectivity index is 2.01. The Morgan fingerprint density at radius 2 is 1.65 bits per heavy atom. The lowest BCUT2D eigenvalue weighted by Crippen LogP contribution is -1.94. The van der Waals surface area contributed by atoms with Gasteiger partial charge in [0.2, 0.25) is 0 Å². The van der Waals surface area contributed by atoms with Gasteiger partial charge in [-0.1, -0.05) is 36.4 Å². The summed E-state index contributed by atoms with van der Waals surface area (Å²) in [7, 11) is 1.61. The van der Waals surface area contributed by atoms with E-state index in [4.69, 9.17) is 15.2 Å². The molecule has 0 aliphatic heterocycles. The fourth-order valence-corrected chi connectivity index (χ4v) is 2.15. The molecule has 3 heteroatoms. The first-order chi connectivity index (χ1) is 9.78. The van der Waals surface area contributed by atoms with Gasteiger partial charge in [-0.3, -0.25) is 0 Å². The molecule has 0 amide bonds. The van der Waals surface area contributed by atoms with Crippen LogP contribution in [0.25, 0.3) is 10.8 Å². The minimum Gasteiger partial charge on any atom is -0.497 e. The summed E-state index contributed by atoms with van der Waals surface area (Å²) >= 11 is 0. The molecule has 0 saturated heterocycles. The fourth-order valence-electron chi connectivity index (χ4n) is 2.15. The number of nitrogens with two attached hydrogens (primary N) is 1. The van der Waals surface area contributed by atoms with E-state index in [9.17, 15) is 0 Å². The van der Waals surface area contributed by atoms with Crippen LogP contribution >= 0.6 is 0 Å². The van der Waals surface area contributed by atoms with Gasteiger partial charge in [0.05, 0.1) is 12.8 Å². The summed E-state index contributed by atoms with van der Waals surface area (Å²) in [5.74, 6) is 2.13. The summed E-state index contributed by atoms with van der Waals surface area (Å²) in [6, 6.07) is 19.4. The maximum Gasteiger partial charge on any atom is 0.150 e. The summed E-state index contributed by atoms with van der Waals surface area (Å²) in [5, 5.41) is 2.20. The lowest BCUT2D eigenvalue weighted by atomic mass is 10.1. The van der Waals surface area contributed by atoms with E-state index < -0.39 is 0 Å². The Bertz CT molecular complexity index is 748. The molecule has 0 atom stereocenters. The van der Waals surface area contributed by atoms with E-state index in [1.807, 2.05) is 42.5 Å². The molecule has 100 valence electrons. The molecule has 0 aliphatic rings. The van der Waals surface area contributed by atoms with E-state index in [1.165, 1.54) is 0 Å². The van der Waals surface area contributed by atoms with Crippen molar-refractivity contribution < 1.29 is 9.47 Å². The Morgan fingerprint density at radius 1 is 0.850 bits per heavy atom. The number of anilines is 1. The Hall–Kier alpha value is -2.68. The molecule has 2 N–H and O–H groups in total. The van der Waals surface area contributed by atoms with Crippen molar-refractivity contribution in [2.45, 2.75) is 0 Å². The van der Waals surface area contributed by atoms with Gasteiger partial charge in [0, 0.05) is 11.5 Å². The highest BCUT2D eigenvalue weighted by molar-refractivity contribution is 5.88. The molecule has 0 unspecified atom stereocenters. The van der Waals surface area contributed by atoms with Crippen molar-refractivity contribution >= 4 is 16.5 Å². The zero-order chi connectivity index (χ0) is 13.9.